The standard InChI is InChI=1S/C17H20N4O3S/c18-21-12-7-5-11(6-8-12)9-24-15(22)4-2-1-3-14-16-13(10-25-14)19-17(23)20-16/h5-8,13-14,16H,1-4,9-10H2,(H-,19,20,23)/p+1/t13-,14-,16-/m0/s1. The van der Waals surface area contributed by atoms with Crippen molar-refractivity contribution in [1.82, 2.24) is 10.6 Å². The van der Waals surface area contributed by atoms with Crippen molar-refractivity contribution in [2.24, 2.45) is 0 Å². The number of carbonyl (C=O) groups excluding carboxylic acids is 2. The van der Waals surface area contributed by atoms with Gasteiger partial charge in [0.2, 0.25) is 5.39 Å². The van der Waals surface area contributed by atoms with E-state index in [0.717, 1.165) is 30.6 Å². The number of nitrogens with one attached hydrogen (secondary N) is 2. The molecular weight excluding hydrogens is 340 g/mol. The first kappa shape index (κ1) is 17.5. The minimum absolute atomic E-state index is 0.0652. The number of carbonyl (C=O) groups is 2. The lowest BCUT2D eigenvalue weighted by Crippen LogP contribution is -2.36. The Hall–Kier alpha value is -2.27. The molecule has 2 N–H and O–H groups in total. The molecular formula is C17H21N4O3S+. The average Bonchev–Trinajstić information content (AvgIpc) is 3.17. The summed E-state index contributed by atoms with van der Waals surface area (Å²) in [6.45, 7) is 0.227. The van der Waals surface area contributed by atoms with Crippen molar-refractivity contribution in [2.45, 2.75) is 49.6 Å². The molecule has 0 saturated carbocycles. The molecule has 2 aliphatic rings. The van der Waals surface area contributed by atoms with E-state index in [1.165, 1.54) is 0 Å². The Morgan fingerprint density at radius 3 is 2.84 bits per heavy atom. The van der Waals surface area contributed by atoms with Gasteiger partial charge < -0.3 is 15.4 Å². The van der Waals surface area contributed by atoms with Crippen molar-refractivity contribution in [2.75, 3.05) is 5.75 Å². The Morgan fingerprint density at radius 2 is 2.08 bits per heavy atom. The summed E-state index contributed by atoms with van der Waals surface area (Å²) in [5.74, 6) is 0.752. The number of thioether (sulfide) groups is 1. The Morgan fingerprint density at radius 1 is 1.28 bits per heavy atom. The molecule has 1 aromatic rings. The molecule has 0 bridgehead atoms. The molecule has 2 saturated heterocycles. The molecule has 2 fully saturated rings. The maximum Gasteiger partial charge on any atom is 0.385 e. The number of nitrogens with zero attached hydrogens (tertiary/aromatic N) is 2. The highest BCUT2D eigenvalue weighted by Gasteiger charge is 2.42. The van der Waals surface area contributed by atoms with E-state index in [1.54, 1.807) is 24.3 Å². The molecule has 0 spiro atoms. The monoisotopic (exact) mass is 361 g/mol. The van der Waals surface area contributed by atoms with E-state index in [0.29, 0.717) is 17.4 Å². The quantitative estimate of drug-likeness (QED) is 0.337. The summed E-state index contributed by atoms with van der Waals surface area (Å²) < 4.78 is 5.25. The Balaban J connectivity index is 1.30. The predicted molar refractivity (Wildman–Crippen MR) is 94.9 cm³/mol. The Labute approximate surface area is 150 Å². The Bertz CT molecular complexity index is 673. The lowest BCUT2D eigenvalue weighted by atomic mass is 10.0. The highest BCUT2D eigenvalue weighted by Crippen LogP contribution is 2.33. The molecule has 2 heterocycles. The van der Waals surface area contributed by atoms with Crippen molar-refractivity contribution in [3.63, 3.8) is 0 Å². The van der Waals surface area contributed by atoms with Crippen LogP contribution in [-0.4, -0.2) is 35.1 Å². The second-order valence-electron chi connectivity index (χ2n) is 6.29. The van der Waals surface area contributed by atoms with Crippen LogP contribution < -0.4 is 10.6 Å². The molecule has 2 amide bonds. The molecule has 8 heteroatoms. The molecule has 132 valence electrons. The third kappa shape index (κ3) is 4.63. The van der Waals surface area contributed by atoms with E-state index >= 15 is 0 Å². The number of rotatable bonds is 7. The highest BCUT2D eigenvalue weighted by atomic mass is 32.2. The number of hydrogen-bond acceptors (Lipinski definition) is 5. The summed E-state index contributed by atoms with van der Waals surface area (Å²) in [6.07, 6.45) is 3.13. The van der Waals surface area contributed by atoms with Gasteiger partial charge in [-0.15, -0.1) is 0 Å². The first-order valence-corrected chi connectivity index (χ1v) is 9.49. The Kier molecular flexibility index (Phi) is 5.76. The van der Waals surface area contributed by atoms with Gasteiger partial charge in [0, 0.05) is 29.6 Å². The fraction of sp³-hybridized carbons (Fsp3) is 0.529. The van der Waals surface area contributed by atoms with Crippen LogP contribution in [0.5, 0.6) is 0 Å². The van der Waals surface area contributed by atoms with Crippen molar-refractivity contribution in [3.05, 3.63) is 34.8 Å². The van der Waals surface area contributed by atoms with Gasteiger partial charge in [-0.3, -0.25) is 4.79 Å². The van der Waals surface area contributed by atoms with Gasteiger partial charge >= 0.3 is 17.7 Å². The van der Waals surface area contributed by atoms with E-state index in [4.69, 9.17) is 10.1 Å². The summed E-state index contributed by atoms with van der Waals surface area (Å²) in [7, 11) is 0. The van der Waals surface area contributed by atoms with Crippen LogP contribution in [0.3, 0.4) is 0 Å². The van der Waals surface area contributed by atoms with E-state index in [1.807, 2.05) is 11.8 Å². The summed E-state index contributed by atoms with van der Waals surface area (Å²) in [5, 5.41) is 15.0. The molecule has 0 aliphatic carbocycles. The van der Waals surface area contributed by atoms with E-state index < -0.39 is 0 Å². The lowest BCUT2D eigenvalue weighted by Gasteiger charge is -2.16. The van der Waals surface area contributed by atoms with Gasteiger partial charge in [0.15, 0.2) is 4.98 Å². The van der Waals surface area contributed by atoms with Crippen LogP contribution in [-0.2, 0) is 16.1 Å². The fourth-order valence-corrected chi connectivity index (χ4v) is 4.70. The molecule has 0 radical (unpaired) electrons. The maximum absolute atomic E-state index is 11.8. The minimum atomic E-state index is -0.205. The van der Waals surface area contributed by atoms with Gasteiger partial charge in [-0.1, -0.05) is 6.42 Å². The van der Waals surface area contributed by atoms with Crippen LogP contribution in [0.15, 0.2) is 24.3 Å². The van der Waals surface area contributed by atoms with Crippen LogP contribution >= 0.6 is 11.8 Å². The van der Waals surface area contributed by atoms with Gasteiger partial charge in [-0.05, 0) is 30.5 Å². The van der Waals surface area contributed by atoms with Crippen LogP contribution in [0.2, 0.25) is 0 Å². The normalized spacial score (nSPS) is 24.1. The first-order chi connectivity index (χ1) is 12.2. The molecule has 25 heavy (non-hydrogen) atoms. The predicted octanol–water partition coefficient (Wildman–Crippen LogP) is 2.94. The van der Waals surface area contributed by atoms with Gasteiger partial charge in [0.05, 0.1) is 12.1 Å². The second-order valence-corrected chi connectivity index (χ2v) is 7.57. The van der Waals surface area contributed by atoms with Gasteiger partial charge in [0.25, 0.3) is 0 Å². The lowest BCUT2D eigenvalue weighted by molar-refractivity contribution is -0.145. The third-order valence-corrected chi connectivity index (χ3v) is 6.02. The number of hydrogen-bond donors (Lipinski definition) is 2. The molecule has 1 aromatic carbocycles. The van der Waals surface area contributed by atoms with E-state index in [-0.39, 0.29) is 30.7 Å². The smallest absolute Gasteiger partial charge is 0.385 e. The van der Waals surface area contributed by atoms with Crippen LogP contribution in [0.4, 0.5) is 10.5 Å². The number of amides is 2. The topological polar surface area (TPSA) is 95.6 Å². The highest BCUT2D eigenvalue weighted by molar-refractivity contribution is 8.00. The SMILES string of the molecule is N#[N+]c1ccc(COC(=O)CCCC[C@@H]2SC[C@@H]3NC(=O)N[C@@H]32)cc1. The van der Waals surface area contributed by atoms with Crippen molar-refractivity contribution >= 4 is 29.4 Å². The third-order valence-electron chi connectivity index (χ3n) is 4.51. The number of diazo groups is 1. The van der Waals surface area contributed by atoms with Gasteiger partial charge in [0.1, 0.15) is 6.61 Å². The molecule has 3 atom stereocenters. The summed E-state index contributed by atoms with van der Waals surface area (Å²) >= 11 is 1.89. The van der Waals surface area contributed by atoms with E-state index in [2.05, 4.69) is 15.6 Å². The maximum atomic E-state index is 11.8. The summed E-state index contributed by atoms with van der Waals surface area (Å²) in [5.41, 5.74) is 1.33. The first-order valence-electron chi connectivity index (χ1n) is 8.44. The zero-order valence-corrected chi connectivity index (χ0v) is 14.6. The summed E-state index contributed by atoms with van der Waals surface area (Å²) in [4.78, 5) is 26.2. The second kappa shape index (κ2) is 8.21. The number of ether oxygens (including phenoxy) is 1. The molecule has 2 aliphatic heterocycles. The molecule has 7 nitrogen and oxygen atoms in total. The number of esters is 1. The fourth-order valence-electron chi connectivity index (χ4n) is 3.15. The van der Waals surface area contributed by atoms with Crippen LogP contribution in [0.25, 0.3) is 4.98 Å². The van der Waals surface area contributed by atoms with Crippen LogP contribution in [0.1, 0.15) is 31.2 Å². The summed E-state index contributed by atoms with van der Waals surface area (Å²) in [6, 6.07) is 7.25. The van der Waals surface area contributed by atoms with Crippen LogP contribution in [0, 0.1) is 5.39 Å². The van der Waals surface area contributed by atoms with Crippen molar-refractivity contribution < 1.29 is 14.3 Å². The minimum Gasteiger partial charge on any atom is -0.461 e. The number of urea groups is 1. The molecule has 3 rings (SSSR count). The number of benzene rings is 1. The molecule has 0 aromatic heterocycles. The van der Waals surface area contributed by atoms with Gasteiger partial charge in [-0.2, -0.15) is 11.8 Å². The largest absolute Gasteiger partial charge is 0.461 e. The van der Waals surface area contributed by atoms with Crippen molar-refractivity contribution in [3.8, 4) is 0 Å². The average molecular weight is 361 g/mol. The zero-order valence-electron chi connectivity index (χ0n) is 13.8. The number of fused-ring (bicyclic) bond motifs is 1. The van der Waals surface area contributed by atoms with Gasteiger partial charge in [-0.25, -0.2) is 4.79 Å². The zero-order chi connectivity index (χ0) is 17.6. The molecule has 0 unspecified atom stereocenters. The van der Waals surface area contributed by atoms with Crippen molar-refractivity contribution in [1.29, 1.82) is 5.39 Å². The van der Waals surface area contributed by atoms with E-state index in [9.17, 15) is 9.59 Å². The number of unbranched alkanes of at least 4 members (excludes halogenated alkanes) is 1.